The number of thiazole rings is 1. The van der Waals surface area contributed by atoms with Crippen molar-refractivity contribution in [3.8, 4) is 0 Å². The van der Waals surface area contributed by atoms with E-state index in [1.807, 2.05) is 0 Å². The predicted molar refractivity (Wildman–Crippen MR) is 123 cm³/mol. The fourth-order valence-electron chi connectivity index (χ4n) is 4.47. The lowest BCUT2D eigenvalue weighted by Crippen LogP contribution is -2.66. The van der Waals surface area contributed by atoms with Crippen LogP contribution in [0.1, 0.15) is 64.7 Å². The van der Waals surface area contributed by atoms with Gasteiger partial charge in [-0.3, -0.25) is 5.32 Å². The number of quaternary nitrogens is 1. The number of anilines is 1. The van der Waals surface area contributed by atoms with E-state index in [1.54, 1.807) is 6.20 Å². The molecule has 0 aliphatic heterocycles. The van der Waals surface area contributed by atoms with E-state index in [2.05, 4.69) is 27.9 Å². The number of thioether (sulfide) groups is 1. The minimum absolute atomic E-state index is 0. The molecule has 0 saturated heterocycles. The standard InChI is InChI=1S/C21H34N4O3S2.ClH2/c1-14-8-10-16(11-9-14)25(15-6-4-3-5-7-15)21(27)24-20-23-12-18(30-20)29-13-17(22)19(26)28-2;/h12,14-17H,3-11,13,22H2,1-2H3,(H,23,24,27);1H2/q;+1/p+1/t14?,16?,17-;/m1./s1. The number of halogens is 1. The van der Waals surface area contributed by atoms with Gasteiger partial charge in [-0.1, -0.05) is 37.5 Å². The Kier molecular flexibility index (Phi) is 10.9. The van der Waals surface area contributed by atoms with E-state index in [-0.39, 0.29) is 24.4 Å². The van der Waals surface area contributed by atoms with E-state index in [0.29, 0.717) is 23.0 Å². The van der Waals surface area contributed by atoms with Crippen molar-refractivity contribution < 1.29 is 32.5 Å². The summed E-state index contributed by atoms with van der Waals surface area (Å²) in [6.45, 7) is 2.31. The zero-order valence-corrected chi connectivity index (χ0v) is 21.1. The topological polar surface area (TPSA) is 99.2 Å². The van der Waals surface area contributed by atoms with Crippen LogP contribution < -0.4 is 11.1 Å². The maximum absolute atomic E-state index is 13.3. The lowest BCUT2D eigenvalue weighted by molar-refractivity contribution is -0.400. The maximum Gasteiger partial charge on any atom is 0.365 e. The average molecular weight is 493 g/mol. The van der Waals surface area contributed by atoms with Gasteiger partial charge >= 0.3 is 12.0 Å². The highest BCUT2D eigenvalue weighted by Gasteiger charge is 2.34. The van der Waals surface area contributed by atoms with Gasteiger partial charge in [-0.25, -0.2) is 14.6 Å². The molecule has 7 nitrogen and oxygen atoms in total. The van der Waals surface area contributed by atoms with E-state index in [4.69, 9.17) is 4.74 Å². The molecule has 2 fully saturated rings. The van der Waals surface area contributed by atoms with E-state index in [1.165, 1.54) is 62.3 Å². The molecule has 0 unspecified atom stereocenters. The third kappa shape index (κ3) is 7.51. The molecule has 0 radical (unpaired) electrons. The molecule has 1 atom stereocenters. The van der Waals surface area contributed by atoms with Crippen molar-refractivity contribution in [2.75, 3.05) is 18.2 Å². The number of aromatic nitrogens is 1. The Morgan fingerprint density at radius 1 is 1.23 bits per heavy atom. The Morgan fingerprint density at radius 3 is 2.52 bits per heavy atom. The first-order chi connectivity index (χ1) is 14.5. The van der Waals surface area contributed by atoms with Gasteiger partial charge in [-0.15, -0.1) is 11.8 Å². The Morgan fingerprint density at radius 2 is 1.87 bits per heavy atom. The second kappa shape index (κ2) is 12.9. The summed E-state index contributed by atoms with van der Waals surface area (Å²) in [6.07, 6.45) is 12.3. The van der Waals surface area contributed by atoms with Gasteiger partial charge in [0.15, 0.2) is 11.2 Å². The Bertz CT molecular complexity index is 707. The van der Waals surface area contributed by atoms with Crippen molar-refractivity contribution in [1.82, 2.24) is 9.88 Å². The molecule has 1 heterocycles. The number of nitrogens with one attached hydrogen (secondary N) is 1. The molecule has 31 heavy (non-hydrogen) atoms. The average Bonchev–Trinajstić information content (AvgIpc) is 3.21. The van der Waals surface area contributed by atoms with Crippen LogP contribution in [-0.4, -0.2) is 52.9 Å². The van der Waals surface area contributed by atoms with Gasteiger partial charge in [0.1, 0.15) is 0 Å². The van der Waals surface area contributed by atoms with Crippen LogP contribution in [0.15, 0.2) is 10.4 Å². The summed E-state index contributed by atoms with van der Waals surface area (Å²) in [5.41, 5.74) is 3.82. The number of esters is 1. The van der Waals surface area contributed by atoms with Crippen LogP contribution in [0.25, 0.3) is 0 Å². The highest BCUT2D eigenvalue weighted by molar-refractivity contribution is 8.01. The third-order valence-electron chi connectivity index (χ3n) is 6.24. The molecule has 3 rings (SSSR count). The number of ether oxygens (including phenoxy) is 1. The van der Waals surface area contributed by atoms with E-state index < -0.39 is 6.04 Å². The molecule has 0 bridgehead atoms. The minimum atomic E-state index is -0.421. The van der Waals surface area contributed by atoms with Crippen molar-refractivity contribution in [2.45, 2.75) is 87.0 Å². The number of nitrogens with zero attached hydrogens (tertiary/aromatic N) is 2. The van der Waals surface area contributed by atoms with Gasteiger partial charge in [0.25, 0.3) is 0 Å². The number of rotatable bonds is 7. The maximum atomic E-state index is 13.3. The molecule has 1 aromatic heterocycles. The van der Waals surface area contributed by atoms with Crippen LogP contribution >= 0.6 is 23.1 Å². The van der Waals surface area contributed by atoms with E-state index in [9.17, 15) is 9.59 Å². The fourth-order valence-corrected chi connectivity index (χ4v) is 6.31. The molecule has 0 spiro atoms. The van der Waals surface area contributed by atoms with Crippen LogP contribution in [0.5, 0.6) is 0 Å². The quantitative estimate of drug-likeness (QED) is 0.449. The van der Waals surface area contributed by atoms with Crippen LogP contribution in [0.4, 0.5) is 9.93 Å². The number of urea groups is 1. The monoisotopic (exact) mass is 492 g/mol. The highest BCUT2D eigenvalue weighted by atomic mass is 35.5. The number of hydrogen-bond donors (Lipinski definition) is 2. The fraction of sp³-hybridized carbons (Fsp3) is 0.762. The molecular weight excluding hydrogens is 456 g/mol. The second-order valence-corrected chi connectivity index (χ2v) is 10.9. The first kappa shape index (κ1) is 26.2. The summed E-state index contributed by atoms with van der Waals surface area (Å²) in [4.78, 5) is 31.3. The van der Waals surface area contributed by atoms with Crippen molar-refractivity contribution in [3.05, 3.63) is 6.20 Å². The van der Waals surface area contributed by atoms with E-state index in [0.717, 1.165) is 35.8 Å². The van der Waals surface area contributed by atoms with Gasteiger partial charge in [-0.2, -0.15) is 0 Å². The second-order valence-electron chi connectivity index (χ2n) is 8.56. The Hall–Kier alpha value is -1.03. The van der Waals surface area contributed by atoms with E-state index >= 15 is 0 Å². The number of methoxy groups -OCH3 is 1. The molecular formula is C21H37ClN4O3S2+2. The smallest absolute Gasteiger partial charge is 0.365 e. The van der Waals surface area contributed by atoms with Gasteiger partial charge < -0.3 is 15.4 Å². The Labute approximate surface area is 199 Å². The molecule has 1 aromatic rings. The number of carbonyl (C=O) groups is 2. The van der Waals surface area contributed by atoms with Gasteiger partial charge in [0, 0.05) is 12.1 Å². The van der Waals surface area contributed by atoms with Crippen LogP contribution in [0.2, 0.25) is 0 Å². The molecule has 2 aliphatic carbocycles. The SMILES string of the molecule is COC(=O)[C@H]([NH3+])CSc1cnc(NC(=O)N(C2CCCCC2)C2CCC(C)CC2)s1.[ClH2+]. The van der Waals surface area contributed by atoms with Crippen LogP contribution in [-0.2, 0) is 9.53 Å². The van der Waals surface area contributed by atoms with Crippen molar-refractivity contribution in [1.29, 1.82) is 0 Å². The first-order valence-electron chi connectivity index (χ1n) is 11.1. The lowest BCUT2D eigenvalue weighted by atomic mass is 9.84. The van der Waals surface area contributed by atoms with Gasteiger partial charge in [0.05, 0.1) is 35.7 Å². The molecule has 0 aromatic carbocycles. The number of carbonyl (C=O) groups excluding carboxylic acids is 2. The summed E-state index contributed by atoms with van der Waals surface area (Å²) >= 11 is 2.96. The molecule has 176 valence electrons. The predicted octanol–water partition coefficient (Wildman–Crippen LogP) is 3.23. The lowest BCUT2D eigenvalue weighted by Gasteiger charge is -2.42. The highest BCUT2D eigenvalue weighted by Crippen LogP contribution is 2.34. The van der Waals surface area contributed by atoms with Crippen molar-refractivity contribution in [2.24, 2.45) is 5.92 Å². The van der Waals surface area contributed by atoms with Crippen LogP contribution in [0.3, 0.4) is 0 Å². The summed E-state index contributed by atoms with van der Waals surface area (Å²) in [6, 6.07) is 0.260. The van der Waals surface area contributed by atoms with Crippen molar-refractivity contribution >= 4 is 40.2 Å². The zero-order valence-electron chi connectivity index (χ0n) is 18.5. The largest absolute Gasteiger partial charge is 0.465 e. The first-order valence-corrected chi connectivity index (χ1v) is 12.9. The summed E-state index contributed by atoms with van der Waals surface area (Å²) < 4.78 is 5.67. The van der Waals surface area contributed by atoms with Crippen LogP contribution in [0, 0.1) is 18.3 Å². The number of amides is 2. The summed E-state index contributed by atoms with van der Waals surface area (Å²) in [5, 5.41) is 3.68. The molecule has 2 aliphatic rings. The van der Waals surface area contributed by atoms with Gasteiger partial charge in [0.2, 0.25) is 0 Å². The third-order valence-corrected chi connectivity index (χ3v) is 8.51. The molecule has 2 saturated carbocycles. The number of hydrogen-bond acceptors (Lipinski definition) is 6. The normalized spacial score (nSPS) is 22.8. The molecule has 10 heteroatoms. The summed E-state index contributed by atoms with van der Waals surface area (Å²) in [7, 11) is 1.37. The van der Waals surface area contributed by atoms with Crippen molar-refractivity contribution in [3.63, 3.8) is 0 Å². The Balaban J connectivity index is 0.00000341. The minimum Gasteiger partial charge on any atom is -0.465 e. The molecule has 2 amide bonds. The van der Waals surface area contributed by atoms with Gasteiger partial charge in [-0.05, 0) is 44.4 Å². The summed E-state index contributed by atoms with van der Waals surface area (Å²) in [5.74, 6) is 0.972. The zero-order chi connectivity index (χ0) is 21.5. The molecule has 4 N–H and O–H groups in total.